The average Bonchev–Trinajstić information content (AvgIpc) is 2.73. The Morgan fingerprint density at radius 2 is 2.31 bits per heavy atom. The Hall–Kier alpha value is -1.13. The zero-order valence-corrected chi connectivity index (χ0v) is 9.61. The fourth-order valence-corrected chi connectivity index (χ4v) is 2.25. The number of aromatic nitrogens is 3. The Balaban J connectivity index is 1.97. The maximum absolute atomic E-state index is 5.91. The zero-order valence-electron chi connectivity index (χ0n) is 8.86. The summed E-state index contributed by atoms with van der Waals surface area (Å²) in [6.45, 7) is 1.06. The minimum atomic E-state index is 0.299. The molecule has 0 radical (unpaired) electrons. The van der Waals surface area contributed by atoms with Gasteiger partial charge in [0.15, 0.2) is 11.5 Å². The van der Waals surface area contributed by atoms with Crippen molar-refractivity contribution >= 4 is 17.2 Å². The molecule has 0 amide bonds. The van der Waals surface area contributed by atoms with Crippen LogP contribution in [0.1, 0.15) is 31.1 Å². The molecule has 2 aromatic rings. The summed E-state index contributed by atoms with van der Waals surface area (Å²) in [5.74, 6) is 0.877. The molecule has 3 heterocycles. The van der Waals surface area contributed by atoms with Crippen molar-refractivity contribution in [2.75, 3.05) is 6.54 Å². The molecule has 0 aliphatic carbocycles. The molecule has 1 saturated heterocycles. The SMILES string of the molecule is Clc1ccc2nc(C3CCCCN3)nn2c1. The third-order valence-corrected chi connectivity index (χ3v) is 3.16. The van der Waals surface area contributed by atoms with E-state index in [2.05, 4.69) is 15.4 Å². The molecule has 0 bridgehead atoms. The third kappa shape index (κ3) is 1.79. The Bertz CT molecular complexity index is 502. The van der Waals surface area contributed by atoms with Crippen LogP contribution in [0, 0.1) is 0 Å². The molecule has 1 fully saturated rings. The lowest BCUT2D eigenvalue weighted by Gasteiger charge is -2.20. The fourth-order valence-electron chi connectivity index (χ4n) is 2.10. The molecular formula is C11H13ClN4. The molecule has 84 valence electrons. The van der Waals surface area contributed by atoms with Crippen molar-refractivity contribution in [1.29, 1.82) is 0 Å². The van der Waals surface area contributed by atoms with Gasteiger partial charge in [0.05, 0.1) is 11.1 Å². The van der Waals surface area contributed by atoms with Crippen molar-refractivity contribution in [2.24, 2.45) is 0 Å². The van der Waals surface area contributed by atoms with Crippen LogP contribution in [0.3, 0.4) is 0 Å². The second kappa shape index (κ2) is 4.03. The highest BCUT2D eigenvalue weighted by molar-refractivity contribution is 6.30. The molecule has 0 spiro atoms. The first-order chi connectivity index (χ1) is 7.83. The molecule has 1 unspecified atom stereocenters. The van der Waals surface area contributed by atoms with Crippen LogP contribution >= 0.6 is 11.6 Å². The quantitative estimate of drug-likeness (QED) is 0.826. The van der Waals surface area contributed by atoms with Crippen LogP contribution in [0.15, 0.2) is 18.3 Å². The van der Waals surface area contributed by atoms with Crippen LogP contribution in [0.25, 0.3) is 5.65 Å². The van der Waals surface area contributed by atoms with Gasteiger partial charge < -0.3 is 5.32 Å². The number of nitrogens with one attached hydrogen (secondary N) is 1. The van der Waals surface area contributed by atoms with Crippen LogP contribution in [0.2, 0.25) is 5.02 Å². The van der Waals surface area contributed by atoms with Gasteiger partial charge in [0.25, 0.3) is 0 Å². The number of fused-ring (bicyclic) bond motifs is 1. The maximum Gasteiger partial charge on any atom is 0.168 e. The second-order valence-corrected chi connectivity index (χ2v) is 4.56. The zero-order chi connectivity index (χ0) is 11.0. The lowest BCUT2D eigenvalue weighted by molar-refractivity contribution is 0.397. The summed E-state index contributed by atoms with van der Waals surface area (Å²) < 4.78 is 1.74. The normalized spacial score (nSPS) is 21.4. The van der Waals surface area contributed by atoms with Crippen LogP contribution in [-0.2, 0) is 0 Å². The lowest BCUT2D eigenvalue weighted by Crippen LogP contribution is -2.27. The average molecular weight is 237 g/mol. The van der Waals surface area contributed by atoms with Crippen LogP contribution in [0.5, 0.6) is 0 Å². The Labute approximate surface area is 98.6 Å². The minimum absolute atomic E-state index is 0.299. The van der Waals surface area contributed by atoms with E-state index in [0.717, 1.165) is 24.4 Å². The monoisotopic (exact) mass is 236 g/mol. The molecule has 2 aromatic heterocycles. The molecule has 4 nitrogen and oxygen atoms in total. The van der Waals surface area contributed by atoms with Gasteiger partial charge in [-0.25, -0.2) is 9.50 Å². The molecule has 1 aliphatic heterocycles. The molecular weight excluding hydrogens is 224 g/mol. The first kappa shape index (κ1) is 10.1. The molecule has 1 N–H and O–H groups in total. The van der Waals surface area contributed by atoms with E-state index in [-0.39, 0.29) is 0 Å². The largest absolute Gasteiger partial charge is 0.307 e. The topological polar surface area (TPSA) is 42.2 Å². The summed E-state index contributed by atoms with van der Waals surface area (Å²) in [4.78, 5) is 4.51. The van der Waals surface area contributed by atoms with E-state index in [1.54, 1.807) is 10.7 Å². The predicted octanol–water partition coefficient (Wildman–Crippen LogP) is 2.20. The van der Waals surface area contributed by atoms with Crippen LogP contribution in [0.4, 0.5) is 0 Å². The summed E-state index contributed by atoms with van der Waals surface area (Å²) in [7, 11) is 0. The predicted molar refractivity (Wildman–Crippen MR) is 62.6 cm³/mol. The molecule has 16 heavy (non-hydrogen) atoms. The molecule has 0 aromatic carbocycles. The Kier molecular flexibility index (Phi) is 2.53. The van der Waals surface area contributed by atoms with Gasteiger partial charge in [-0.15, -0.1) is 5.10 Å². The van der Waals surface area contributed by atoms with Crippen LogP contribution in [-0.4, -0.2) is 21.1 Å². The van der Waals surface area contributed by atoms with Crippen molar-refractivity contribution in [3.8, 4) is 0 Å². The highest BCUT2D eigenvalue weighted by Gasteiger charge is 2.19. The van der Waals surface area contributed by atoms with Gasteiger partial charge in [-0.05, 0) is 31.5 Å². The summed E-state index contributed by atoms with van der Waals surface area (Å²) in [6.07, 6.45) is 5.39. The minimum Gasteiger partial charge on any atom is -0.307 e. The van der Waals surface area contributed by atoms with Crippen molar-refractivity contribution in [3.63, 3.8) is 0 Å². The Morgan fingerprint density at radius 3 is 3.12 bits per heavy atom. The highest BCUT2D eigenvalue weighted by Crippen LogP contribution is 2.21. The lowest BCUT2D eigenvalue weighted by atomic mass is 10.0. The summed E-state index contributed by atoms with van der Waals surface area (Å²) in [6, 6.07) is 4.03. The summed E-state index contributed by atoms with van der Waals surface area (Å²) in [5, 5.41) is 8.58. The van der Waals surface area contributed by atoms with E-state index < -0.39 is 0 Å². The van der Waals surface area contributed by atoms with Gasteiger partial charge in [0, 0.05) is 6.20 Å². The van der Waals surface area contributed by atoms with Gasteiger partial charge in [0.2, 0.25) is 0 Å². The Morgan fingerprint density at radius 1 is 1.38 bits per heavy atom. The standard InChI is InChI=1S/C11H13ClN4/c12-8-4-5-10-14-11(15-16(10)7-8)9-3-1-2-6-13-9/h4-5,7,9,13H,1-3,6H2. The molecule has 5 heteroatoms. The van der Waals surface area contributed by atoms with E-state index in [1.165, 1.54) is 12.8 Å². The van der Waals surface area contributed by atoms with Crippen molar-refractivity contribution in [3.05, 3.63) is 29.2 Å². The molecule has 1 aliphatic rings. The number of nitrogens with zero attached hydrogens (tertiary/aromatic N) is 3. The van der Waals surface area contributed by atoms with Crippen molar-refractivity contribution in [1.82, 2.24) is 19.9 Å². The number of halogens is 1. The maximum atomic E-state index is 5.91. The summed E-state index contributed by atoms with van der Waals surface area (Å²) >= 11 is 5.91. The number of hydrogen-bond donors (Lipinski definition) is 1. The fraction of sp³-hybridized carbons (Fsp3) is 0.455. The van der Waals surface area contributed by atoms with Crippen molar-refractivity contribution < 1.29 is 0 Å². The number of piperidine rings is 1. The van der Waals surface area contributed by atoms with Crippen molar-refractivity contribution in [2.45, 2.75) is 25.3 Å². The third-order valence-electron chi connectivity index (χ3n) is 2.93. The molecule has 3 rings (SSSR count). The smallest absolute Gasteiger partial charge is 0.168 e. The first-order valence-electron chi connectivity index (χ1n) is 5.58. The first-order valence-corrected chi connectivity index (χ1v) is 5.96. The van der Waals surface area contributed by atoms with E-state index in [0.29, 0.717) is 11.1 Å². The highest BCUT2D eigenvalue weighted by atomic mass is 35.5. The van der Waals surface area contributed by atoms with Gasteiger partial charge in [-0.2, -0.15) is 0 Å². The second-order valence-electron chi connectivity index (χ2n) is 4.12. The van der Waals surface area contributed by atoms with E-state index in [9.17, 15) is 0 Å². The number of pyridine rings is 1. The van der Waals surface area contributed by atoms with E-state index >= 15 is 0 Å². The van der Waals surface area contributed by atoms with Gasteiger partial charge in [-0.3, -0.25) is 0 Å². The van der Waals surface area contributed by atoms with Gasteiger partial charge >= 0.3 is 0 Å². The van der Waals surface area contributed by atoms with E-state index in [4.69, 9.17) is 11.6 Å². The van der Waals surface area contributed by atoms with Crippen LogP contribution < -0.4 is 5.32 Å². The van der Waals surface area contributed by atoms with E-state index in [1.807, 2.05) is 12.1 Å². The summed E-state index contributed by atoms with van der Waals surface area (Å²) in [5.41, 5.74) is 0.853. The number of hydrogen-bond acceptors (Lipinski definition) is 3. The molecule has 0 saturated carbocycles. The van der Waals surface area contributed by atoms with Gasteiger partial charge in [0.1, 0.15) is 0 Å². The number of rotatable bonds is 1. The van der Waals surface area contributed by atoms with Gasteiger partial charge in [-0.1, -0.05) is 18.0 Å². The molecule has 1 atom stereocenters.